The van der Waals surface area contributed by atoms with Crippen molar-refractivity contribution in [2.24, 2.45) is 7.05 Å². The van der Waals surface area contributed by atoms with Crippen molar-refractivity contribution < 1.29 is 4.79 Å². The molecular weight excluding hydrogens is 256 g/mol. The number of carbonyl (C=O) groups is 1. The van der Waals surface area contributed by atoms with Gasteiger partial charge in [0.25, 0.3) is 0 Å². The molecule has 0 bridgehead atoms. The van der Waals surface area contributed by atoms with Gasteiger partial charge >= 0.3 is 0 Å². The lowest BCUT2D eigenvalue weighted by molar-refractivity contribution is 0.0988. The van der Waals surface area contributed by atoms with Gasteiger partial charge in [-0.15, -0.1) is 11.8 Å². The van der Waals surface area contributed by atoms with Crippen LogP contribution in [0.1, 0.15) is 28.7 Å². The molecule has 0 unspecified atom stereocenters. The van der Waals surface area contributed by atoms with Crippen molar-refractivity contribution in [2.75, 3.05) is 6.26 Å². The minimum absolute atomic E-state index is 0.149. The molecule has 0 amide bonds. The summed E-state index contributed by atoms with van der Waals surface area (Å²) in [4.78, 5) is 13.4. The first-order valence-electron chi connectivity index (χ1n) is 6.33. The fourth-order valence-electron chi connectivity index (χ4n) is 2.04. The predicted octanol–water partition coefficient (Wildman–Crippen LogP) is 3.13. The van der Waals surface area contributed by atoms with Gasteiger partial charge in [-0.05, 0) is 24.8 Å². The Balaban J connectivity index is 2.23. The van der Waals surface area contributed by atoms with Gasteiger partial charge in [0.15, 0.2) is 5.78 Å². The van der Waals surface area contributed by atoms with E-state index in [0.29, 0.717) is 6.42 Å². The van der Waals surface area contributed by atoms with Crippen LogP contribution in [-0.4, -0.2) is 21.8 Å². The van der Waals surface area contributed by atoms with Gasteiger partial charge in [0.05, 0.1) is 12.1 Å². The zero-order chi connectivity index (χ0) is 13.8. The van der Waals surface area contributed by atoms with Crippen molar-refractivity contribution in [1.82, 2.24) is 9.78 Å². The molecule has 1 heterocycles. The molecule has 0 N–H and O–H groups in total. The van der Waals surface area contributed by atoms with E-state index in [2.05, 4.69) is 12.0 Å². The van der Waals surface area contributed by atoms with E-state index in [1.54, 1.807) is 16.4 Å². The number of rotatable bonds is 5. The van der Waals surface area contributed by atoms with E-state index >= 15 is 0 Å². The molecule has 0 atom stereocenters. The van der Waals surface area contributed by atoms with Crippen LogP contribution in [0.5, 0.6) is 0 Å². The Labute approximate surface area is 118 Å². The first-order chi connectivity index (χ1) is 9.15. The lowest BCUT2D eigenvalue weighted by Crippen LogP contribution is -2.08. The number of hydrogen-bond donors (Lipinski definition) is 0. The first-order valence-corrected chi connectivity index (χ1v) is 7.56. The number of ketones is 1. The monoisotopic (exact) mass is 274 g/mol. The van der Waals surface area contributed by atoms with E-state index in [-0.39, 0.29) is 5.78 Å². The van der Waals surface area contributed by atoms with E-state index in [1.807, 2.05) is 43.6 Å². The standard InChI is InChI=1S/C15H18N2OS/c1-4-11-9-12(17(2)16-11)10-14(18)13-7-5-6-8-15(13)19-3/h5-9H,4,10H2,1-3H3. The van der Waals surface area contributed by atoms with E-state index in [4.69, 9.17) is 0 Å². The van der Waals surface area contributed by atoms with Crippen LogP contribution in [0.3, 0.4) is 0 Å². The minimum atomic E-state index is 0.149. The van der Waals surface area contributed by atoms with Gasteiger partial charge < -0.3 is 0 Å². The number of nitrogens with zero attached hydrogens (tertiary/aromatic N) is 2. The maximum Gasteiger partial charge on any atom is 0.169 e. The van der Waals surface area contributed by atoms with Gasteiger partial charge in [0.1, 0.15) is 0 Å². The van der Waals surface area contributed by atoms with Crippen molar-refractivity contribution in [1.29, 1.82) is 0 Å². The average molecular weight is 274 g/mol. The van der Waals surface area contributed by atoms with Crippen LogP contribution in [0.25, 0.3) is 0 Å². The molecule has 0 spiro atoms. The molecule has 19 heavy (non-hydrogen) atoms. The van der Waals surface area contributed by atoms with Crippen molar-refractivity contribution in [3.63, 3.8) is 0 Å². The van der Waals surface area contributed by atoms with Crippen LogP contribution in [0.2, 0.25) is 0 Å². The second kappa shape index (κ2) is 6.06. The van der Waals surface area contributed by atoms with Crippen molar-refractivity contribution in [3.8, 4) is 0 Å². The van der Waals surface area contributed by atoms with Gasteiger partial charge in [0.2, 0.25) is 0 Å². The highest BCUT2D eigenvalue weighted by atomic mass is 32.2. The topological polar surface area (TPSA) is 34.9 Å². The minimum Gasteiger partial charge on any atom is -0.294 e. The average Bonchev–Trinajstić information content (AvgIpc) is 2.79. The Kier molecular flexibility index (Phi) is 4.43. The highest BCUT2D eigenvalue weighted by molar-refractivity contribution is 7.98. The molecule has 3 nitrogen and oxygen atoms in total. The molecule has 0 saturated carbocycles. The zero-order valence-electron chi connectivity index (χ0n) is 11.5. The van der Waals surface area contributed by atoms with Gasteiger partial charge in [-0.3, -0.25) is 9.48 Å². The maximum atomic E-state index is 12.4. The van der Waals surface area contributed by atoms with Crippen molar-refractivity contribution in [2.45, 2.75) is 24.7 Å². The summed E-state index contributed by atoms with van der Waals surface area (Å²) in [5.41, 5.74) is 2.80. The Morgan fingerprint density at radius 1 is 1.37 bits per heavy atom. The van der Waals surface area contributed by atoms with Crippen LogP contribution >= 0.6 is 11.8 Å². The number of Topliss-reactive ketones (excluding diaryl/α,β-unsaturated/α-hetero) is 1. The Bertz CT molecular complexity index is 590. The van der Waals surface area contributed by atoms with E-state index in [1.165, 1.54) is 0 Å². The van der Waals surface area contributed by atoms with Crippen LogP contribution in [0, 0.1) is 0 Å². The summed E-state index contributed by atoms with van der Waals surface area (Å²) < 4.78 is 1.80. The quantitative estimate of drug-likeness (QED) is 0.620. The third-order valence-corrected chi connectivity index (χ3v) is 3.93. The molecule has 2 aromatic rings. The third kappa shape index (κ3) is 3.07. The molecule has 0 radical (unpaired) electrons. The number of thioether (sulfide) groups is 1. The lowest BCUT2D eigenvalue weighted by atomic mass is 10.1. The second-order valence-electron chi connectivity index (χ2n) is 4.40. The zero-order valence-corrected chi connectivity index (χ0v) is 12.3. The highest BCUT2D eigenvalue weighted by Crippen LogP contribution is 2.21. The van der Waals surface area contributed by atoms with E-state index in [0.717, 1.165) is 28.3 Å². The molecule has 1 aromatic heterocycles. The normalized spacial score (nSPS) is 10.7. The molecule has 4 heteroatoms. The van der Waals surface area contributed by atoms with Gasteiger partial charge in [-0.25, -0.2) is 0 Å². The summed E-state index contributed by atoms with van der Waals surface area (Å²) in [6.07, 6.45) is 3.29. The van der Waals surface area contributed by atoms with Crippen molar-refractivity contribution in [3.05, 3.63) is 47.3 Å². The molecule has 0 fully saturated rings. The van der Waals surface area contributed by atoms with Gasteiger partial charge in [-0.1, -0.05) is 25.1 Å². The third-order valence-electron chi connectivity index (χ3n) is 3.14. The lowest BCUT2D eigenvalue weighted by Gasteiger charge is -2.06. The summed E-state index contributed by atoms with van der Waals surface area (Å²) in [6.45, 7) is 2.07. The number of aryl methyl sites for hydroxylation is 2. The molecule has 1 aromatic carbocycles. The molecule has 0 aliphatic rings. The number of hydrogen-bond acceptors (Lipinski definition) is 3. The SMILES string of the molecule is CCc1cc(CC(=O)c2ccccc2SC)n(C)n1. The van der Waals surface area contributed by atoms with Crippen LogP contribution in [0.4, 0.5) is 0 Å². The molecule has 2 rings (SSSR count). The Hall–Kier alpha value is -1.55. The summed E-state index contributed by atoms with van der Waals surface area (Å²) in [7, 11) is 1.89. The van der Waals surface area contributed by atoms with E-state index in [9.17, 15) is 4.79 Å². The summed E-state index contributed by atoms with van der Waals surface area (Å²) >= 11 is 1.60. The largest absolute Gasteiger partial charge is 0.294 e. The number of aromatic nitrogens is 2. The van der Waals surface area contributed by atoms with Crippen LogP contribution < -0.4 is 0 Å². The fraction of sp³-hybridized carbons (Fsp3) is 0.333. The first kappa shape index (κ1) is 13.9. The Morgan fingerprint density at radius 2 is 2.11 bits per heavy atom. The molecule has 0 aliphatic carbocycles. The smallest absolute Gasteiger partial charge is 0.169 e. The Morgan fingerprint density at radius 3 is 2.74 bits per heavy atom. The second-order valence-corrected chi connectivity index (χ2v) is 5.25. The molecule has 0 saturated heterocycles. The maximum absolute atomic E-state index is 12.4. The molecule has 100 valence electrons. The highest BCUT2D eigenvalue weighted by Gasteiger charge is 2.14. The van der Waals surface area contributed by atoms with Gasteiger partial charge in [0, 0.05) is 23.2 Å². The molecular formula is C15H18N2OS. The fourth-order valence-corrected chi connectivity index (χ4v) is 2.66. The van der Waals surface area contributed by atoms with Crippen molar-refractivity contribution >= 4 is 17.5 Å². The van der Waals surface area contributed by atoms with E-state index < -0.39 is 0 Å². The van der Waals surface area contributed by atoms with Crippen LogP contribution in [-0.2, 0) is 19.9 Å². The summed E-state index contributed by atoms with van der Waals surface area (Å²) in [5, 5.41) is 4.38. The predicted molar refractivity (Wildman–Crippen MR) is 78.8 cm³/mol. The summed E-state index contributed by atoms with van der Waals surface area (Å²) in [5.74, 6) is 0.149. The number of benzene rings is 1. The number of carbonyl (C=O) groups excluding carboxylic acids is 1. The molecule has 0 aliphatic heterocycles. The van der Waals surface area contributed by atoms with Gasteiger partial charge in [-0.2, -0.15) is 5.10 Å². The summed E-state index contributed by atoms with van der Waals surface area (Å²) in [6, 6.07) is 9.76. The van der Waals surface area contributed by atoms with Crippen LogP contribution in [0.15, 0.2) is 35.2 Å².